The summed E-state index contributed by atoms with van der Waals surface area (Å²) in [6.07, 6.45) is 1.80. The fourth-order valence-electron chi connectivity index (χ4n) is 1.81. The molecule has 0 bridgehead atoms. The van der Waals surface area contributed by atoms with Crippen LogP contribution in [0.1, 0.15) is 16.5 Å². The molecule has 0 amide bonds. The number of pyridine rings is 1. The van der Waals surface area contributed by atoms with E-state index in [2.05, 4.69) is 4.98 Å². The number of halogens is 1. The molecule has 0 aliphatic heterocycles. The molecular formula is C13H10ClNOS2. The van der Waals surface area contributed by atoms with E-state index in [4.69, 9.17) is 11.6 Å². The average molecular weight is 296 g/mol. The Morgan fingerprint density at radius 3 is 3.00 bits per heavy atom. The molecule has 0 aliphatic carbocycles. The summed E-state index contributed by atoms with van der Waals surface area (Å²) >= 11 is 9.02. The van der Waals surface area contributed by atoms with E-state index < -0.39 is 6.10 Å². The first-order chi connectivity index (χ1) is 8.72. The zero-order valence-corrected chi connectivity index (χ0v) is 11.7. The molecule has 1 N–H and O–H groups in total. The highest BCUT2D eigenvalue weighted by atomic mass is 35.5. The number of aliphatic hydroxyl groups is 1. The zero-order chi connectivity index (χ0) is 12.5. The van der Waals surface area contributed by atoms with Crippen molar-refractivity contribution in [3.63, 3.8) is 0 Å². The third-order valence-electron chi connectivity index (χ3n) is 2.73. The van der Waals surface area contributed by atoms with Crippen molar-refractivity contribution in [2.24, 2.45) is 0 Å². The van der Waals surface area contributed by atoms with E-state index in [0.29, 0.717) is 6.42 Å². The van der Waals surface area contributed by atoms with Crippen LogP contribution in [-0.2, 0) is 6.42 Å². The maximum atomic E-state index is 10.2. The van der Waals surface area contributed by atoms with Crippen LogP contribution in [0.3, 0.4) is 0 Å². The molecule has 0 fully saturated rings. The van der Waals surface area contributed by atoms with Gasteiger partial charge in [0.15, 0.2) is 0 Å². The molecule has 3 aromatic heterocycles. The number of fused-ring (bicyclic) bond motifs is 1. The molecule has 3 rings (SSSR count). The summed E-state index contributed by atoms with van der Waals surface area (Å²) in [5.74, 6) is 0. The SMILES string of the molecule is OC(Cc1ccc(Cl)s1)c1cnc2ccsc2c1. The van der Waals surface area contributed by atoms with Crippen molar-refractivity contribution in [1.82, 2.24) is 4.98 Å². The first kappa shape index (κ1) is 12.1. The van der Waals surface area contributed by atoms with E-state index in [1.807, 2.05) is 29.6 Å². The lowest BCUT2D eigenvalue weighted by Crippen LogP contribution is -2.00. The van der Waals surface area contributed by atoms with Crippen LogP contribution in [0.15, 0.2) is 35.8 Å². The van der Waals surface area contributed by atoms with Gasteiger partial charge < -0.3 is 5.11 Å². The lowest BCUT2D eigenvalue weighted by molar-refractivity contribution is 0.179. The van der Waals surface area contributed by atoms with Crippen LogP contribution in [0.2, 0.25) is 4.34 Å². The standard InChI is InChI=1S/C13H10ClNOS2/c14-13-2-1-9(18-13)6-11(16)8-5-12-10(15-7-8)3-4-17-12/h1-5,7,11,16H,6H2. The Balaban J connectivity index is 1.84. The van der Waals surface area contributed by atoms with E-state index >= 15 is 0 Å². The largest absolute Gasteiger partial charge is 0.388 e. The van der Waals surface area contributed by atoms with Crippen molar-refractivity contribution >= 4 is 44.5 Å². The summed E-state index contributed by atoms with van der Waals surface area (Å²) in [6, 6.07) is 7.80. The molecule has 92 valence electrons. The molecule has 0 aromatic carbocycles. The van der Waals surface area contributed by atoms with E-state index in [0.717, 1.165) is 25.0 Å². The molecule has 0 saturated heterocycles. The Morgan fingerprint density at radius 2 is 2.22 bits per heavy atom. The van der Waals surface area contributed by atoms with Gasteiger partial charge in [0.05, 0.1) is 20.7 Å². The maximum Gasteiger partial charge on any atom is 0.0931 e. The van der Waals surface area contributed by atoms with Crippen molar-refractivity contribution in [3.8, 4) is 0 Å². The monoisotopic (exact) mass is 295 g/mol. The Bertz CT molecular complexity index is 676. The molecule has 0 spiro atoms. The summed E-state index contributed by atoms with van der Waals surface area (Å²) in [7, 11) is 0. The molecule has 2 nitrogen and oxygen atoms in total. The topological polar surface area (TPSA) is 33.1 Å². The van der Waals surface area contributed by atoms with E-state index in [9.17, 15) is 5.11 Å². The first-order valence-electron chi connectivity index (χ1n) is 5.48. The quantitative estimate of drug-likeness (QED) is 0.782. The Labute approximate surface area is 117 Å². The Hall–Kier alpha value is -0.940. The molecular weight excluding hydrogens is 286 g/mol. The highest BCUT2D eigenvalue weighted by molar-refractivity contribution is 7.17. The number of aromatic nitrogens is 1. The minimum Gasteiger partial charge on any atom is -0.388 e. The average Bonchev–Trinajstić information content (AvgIpc) is 2.96. The lowest BCUT2D eigenvalue weighted by atomic mass is 10.1. The van der Waals surface area contributed by atoms with Gasteiger partial charge in [-0.3, -0.25) is 4.98 Å². The number of rotatable bonds is 3. The van der Waals surface area contributed by atoms with E-state index in [-0.39, 0.29) is 0 Å². The first-order valence-corrected chi connectivity index (χ1v) is 7.55. The summed E-state index contributed by atoms with van der Waals surface area (Å²) in [5, 5.41) is 12.2. The summed E-state index contributed by atoms with van der Waals surface area (Å²) in [4.78, 5) is 5.42. The van der Waals surface area contributed by atoms with Crippen LogP contribution in [-0.4, -0.2) is 10.1 Å². The molecule has 1 unspecified atom stereocenters. The fraction of sp³-hybridized carbons (Fsp3) is 0.154. The van der Waals surface area contributed by atoms with Gasteiger partial charge in [0.1, 0.15) is 0 Å². The third kappa shape index (κ3) is 2.42. The number of thiophene rings is 2. The fourth-order valence-corrected chi connectivity index (χ4v) is 3.73. The number of nitrogens with zero attached hydrogens (tertiary/aromatic N) is 1. The Morgan fingerprint density at radius 1 is 1.33 bits per heavy atom. The van der Waals surface area contributed by atoms with Crippen LogP contribution in [0.25, 0.3) is 10.2 Å². The lowest BCUT2D eigenvalue weighted by Gasteiger charge is -2.09. The van der Waals surface area contributed by atoms with Crippen molar-refractivity contribution in [3.05, 3.63) is 50.6 Å². The molecule has 3 aromatic rings. The predicted molar refractivity (Wildman–Crippen MR) is 77.6 cm³/mol. The van der Waals surface area contributed by atoms with Gasteiger partial charge >= 0.3 is 0 Å². The molecule has 1 atom stereocenters. The van der Waals surface area contributed by atoms with Gasteiger partial charge in [0.2, 0.25) is 0 Å². The smallest absolute Gasteiger partial charge is 0.0931 e. The van der Waals surface area contributed by atoms with Gasteiger partial charge in [0, 0.05) is 23.1 Å². The second-order valence-corrected chi connectivity index (χ2v) is 6.75. The highest BCUT2D eigenvalue weighted by Crippen LogP contribution is 2.28. The highest BCUT2D eigenvalue weighted by Gasteiger charge is 2.11. The third-order valence-corrected chi connectivity index (χ3v) is 4.84. The zero-order valence-electron chi connectivity index (χ0n) is 9.34. The van der Waals surface area contributed by atoms with Crippen molar-refractivity contribution in [2.75, 3.05) is 0 Å². The molecule has 5 heteroatoms. The van der Waals surface area contributed by atoms with Gasteiger partial charge in [0.25, 0.3) is 0 Å². The number of hydrogen-bond acceptors (Lipinski definition) is 4. The van der Waals surface area contributed by atoms with Crippen molar-refractivity contribution in [1.29, 1.82) is 0 Å². The van der Waals surface area contributed by atoms with Crippen LogP contribution in [0.5, 0.6) is 0 Å². The van der Waals surface area contributed by atoms with Crippen LogP contribution in [0.4, 0.5) is 0 Å². The summed E-state index contributed by atoms with van der Waals surface area (Å²) in [6.45, 7) is 0. The molecule has 3 heterocycles. The second-order valence-electron chi connectivity index (χ2n) is 4.00. The van der Waals surface area contributed by atoms with Crippen LogP contribution in [0, 0.1) is 0 Å². The molecule has 18 heavy (non-hydrogen) atoms. The number of hydrogen-bond donors (Lipinski definition) is 1. The van der Waals surface area contributed by atoms with Gasteiger partial charge in [-0.2, -0.15) is 0 Å². The minimum atomic E-state index is -0.529. The van der Waals surface area contributed by atoms with Gasteiger partial charge in [-0.25, -0.2) is 0 Å². The summed E-state index contributed by atoms with van der Waals surface area (Å²) < 4.78 is 1.86. The Kier molecular flexibility index (Phi) is 3.35. The van der Waals surface area contributed by atoms with Crippen LogP contribution >= 0.6 is 34.3 Å². The second kappa shape index (κ2) is 4.97. The minimum absolute atomic E-state index is 0.529. The van der Waals surface area contributed by atoms with Crippen molar-refractivity contribution < 1.29 is 5.11 Å². The van der Waals surface area contributed by atoms with Gasteiger partial charge in [-0.15, -0.1) is 22.7 Å². The van der Waals surface area contributed by atoms with Crippen LogP contribution < -0.4 is 0 Å². The predicted octanol–water partition coefficient (Wildman–Crippen LogP) is 4.29. The number of aliphatic hydroxyl groups excluding tert-OH is 1. The maximum absolute atomic E-state index is 10.2. The van der Waals surface area contributed by atoms with Gasteiger partial charge in [-0.1, -0.05) is 11.6 Å². The molecule has 0 aliphatic rings. The van der Waals surface area contributed by atoms with E-state index in [1.165, 1.54) is 11.3 Å². The van der Waals surface area contributed by atoms with Gasteiger partial charge in [-0.05, 0) is 29.6 Å². The summed E-state index contributed by atoms with van der Waals surface area (Å²) in [5.41, 5.74) is 1.84. The molecule has 0 radical (unpaired) electrons. The van der Waals surface area contributed by atoms with E-state index in [1.54, 1.807) is 17.5 Å². The van der Waals surface area contributed by atoms with Crippen molar-refractivity contribution in [2.45, 2.75) is 12.5 Å². The molecule has 0 saturated carbocycles. The normalized spacial score (nSPS) is 13.0.